The van der Waals surface area contributed by atoms with Gasteiger partial charge in [-0.1, -0.05) is 362 Å². The quantitative estimate of drug-likeness (QED) is 0.0119. The molecule has 0 unspecified atom stereocenters. The van der Waals surface area contributed by atoms with Gasteiger partial charge in [0.05, 0.1) is 16.3 Å². The van der Waals surface area contributed by atoms with Crippen LogP contribution in [0, 0.1) is 20.2 Å². The molecule has 25 heteroatoms. The van der Waals surface area contributed by atoms with Gasteiger partial charge in [-0.25, -0.2) is 31.3 Å². The third-order valence-electron chi connectivity index (χ3n) is 15.1. The van der Waals surface area contributed by atoms with Gasteiger partial charge in [-0.2, -0.15) is 0 Å². The van der Waals surface area contributed by atoms with Crippen molar-refractivity contribution in [1.82, 2.24) is 24.7 Å². The van der Waals surface area contributed by atoms with Crippen molar-refractivity contribution >= 4 is 53.2 Å². The van der Waals surface area contributed by atoms with Crippen LogP contribution < -0.4 is 16.2 Å². The number of nitrogens with two attached hydrogens (primary N) is 2. The first-order valence-electron chi connectivity index (χ1n) is 46.1. The second-order valence-corrected chi connectivity index (χ2v) is 33.0. The molecule has 22 nitrogen and oxygen atoms in total. The summed E-state index contributed by atoms with van der Waals surface area (Å²) in [5.41, 5.74) is 22.6. The normalized spacial score (nSPS) is 9.29. The standard InChI is InChI=1S/C23H24N2O3S.C17H18N2O3.C17H20N2O.C9H8N2O3.C6H5ClO2S.C6H8N2.8C3H8.2C2H6.2CH4/c26-22(15-13-20-5-4-16-24-17-20)14-12-19-8-10-21(11-9-19)18-25-29(27,28)23-6-2-1-3-7-23;20-17(10-8-15-2-1-11-18-12-15)9-7-14-3-5-16(6-4-14)13-19(21)22;18-12-15-5-3-14(4-6-15)7-9-17(20)10-8-16-2-1-11-19-13-16;12-7-10-5-8-1-3-9(4-2-8)6-11(13)14;7-10(8,9)6-4-2-1-3-5-6;7-4-6-2-1-3-8-5-6;8*1-3-2;2*1-2;;/h1-11,16-17,25H,12-15,18H2;1-6,11-12H,7-10,13H2;1-6,11,13H,7-10,12,18H2;1-4H,5-6H2;1-5H;1-3,5H,4,7H2;8*3H2,1-2H3;2*1-2H3;2*1H4. The van der Waals surface area contributed by atoms with E-state index in [1.165, 1.54) is 75.1 Å². The molecule has 133 heavy (non-hydrogen) atoms. The van der Waals surface area contributed by atoms with Gasteiger partial charge >= 0.3 is 0 Å². The van der Waals surface area contributed by atoms with Crippen molar-refractivity contribution in [3.63, 3.8) is 0 Å². The Hall–Kier alpha value is -10.8. The van der Waals surface area contributed by atoms with Crippen molar-refractivity contribution in [2.75, 3.05) is 0 Å². The fourth-order valence-electron chi connectivity index (χ4n) is 9.33. The topological polar surface area (TPSA) is 351 Å². The number of nitrogens with zero attached hydrogens (tertiary/aromatic N) is 7. The average Bonchev–Trinajstić information content (AvgIpc) is 0.860. The van der Waals surface area contributed by atoms with E-state index in [9.17, 15) is 56.2 Å². The molecule has 0 amide bonds. The van der Waals surface area contributed by atoms with Crippen molar-refractivity contribution in [1.29, 1.82) is 0 Å². The summed E-state index contributed by atoms with van der Waals surface area (Å²) in [6, 6.07) is 61.3. The number of halogens is 1. The number of nitro groups is 2. The fraction of sp³-hybridized carbons (Fsp3) is 0.444. The highest BCUT2D eigenvalue weighted by Crippen LogP contribution is 2.17. The number of carbonyl (C=O) groups is 3. The van der Waals surface area contributed by atoms with Crippen LogP contribution in [0.3, 0.4) is 0 Å². The number of pyridine rings is 4. The number of ketones is 3. The Labute approximate surface area is 808 Å². The molecule has 5 N–H and O–H groups in total. The number of rotatable bonds is 31. The molecule has 4 aromatic heterocycles. The number of carbonyl (C=O) groups excluding carboxylic acids is 4. The van der Waals surface area contributed by atoms with Gasteiger partial charge in [0.15, 0.2) is 0 Å². The minimum Gasteiger partial charge on any atom is -0.326 e. The van der Waals surface area contributed by atoms with Crippen LogP contribution >= 0.6 is 10.7 Å². The summed E-state index contributed by atoms with van der Waals surface area (Å²) in [5, 5.41) is 20.6. The molecule has 0 aliphatic heterocycles. The lowest BCUT2D eigenvalue weighted by atomic mass is 10.0. The number of Topliss-reactive ketones (excluding diaryl/α,β-unsaturated/α-hetero) is 3. The molecule has 0 atom stereocenters. The number of aliphatic imine (C=N–C) groups is 1. The Morgan fingerprint density at radius 2 is 0.579 bits per heavy atom. The van der Waals surface area contributed by atoms with Gasteiger partial charge in [0.2, 0.25) is 29.2 Å². The smallest absolute Gasteiger partial charge is 0.261 e. The SMILES string of the molecule is C.C.CC.CC.CCC.CCC.CCC.CCC.CCC.CCC.CCC.CCC.NCc1ccc(CCC(=O)CCc2cccnc2)cc1.NCc1cccnc1.O=C(CCc1ccc(CNS(=O)(=O)c2ccccc2)cc1)CCc1cccnc1.O=C(CCc1ccc(C[N+](=O)[O-])cc1)CCc1cccnc1.O=C=NCc1ccc(C[N+](=O)[O-])cc1.O=S(=O)(Cl)c1ccccc1. The summed E-state index contributed by atoms with van der Waals surface area (Å²) in [4.78, 5) is 85.3. The molecule has 4 heterocycles. The molecule has 0 fully saturated rings. The Bertz CT molecular complexity index is 4530. The Balaban J connectivity index is -0.000000228. The molecular formula is C108H167ClN10O12S2. The van der Waals surface area contributed by atoms with Crippen LogP contribution in [0.15, 0.2) is 271 Å². The number of aromatic nitrogens is 4. The van der Waals surface area contributed by atoms with E-state index >= 15 is 0 Å². The van der Waals surface area contributed by atoms with Crippen LogP contribution in [0.5, 0.6) is 0 Å². The zero-order chi connectivity index (χ0) is 100. The van der Waals surface area contributed by atoms with Gasteiger partial charge in [-0.15, -0.1) is 0 Å². The predicted octanol–water partition coefficient (Wildman–Crippen LogP) is 27.5. The summed E-state index contributed by atoms with van der Waals surface area (Å²) in [6.07, 6.45) is 33.1. The molecule has 10 aromatic rings. The third-order valence-corrected chi connectivity index (χ3v) is 17.9. The summed E-state index contributed by atoms with van der Waals surface area (Å²) >= 11 is 0. The van der Waals surface area contributed by atoms with Gasteiger partial charge < -0.3 is 11.5 Å². The number of nitrogens with one attached hydrogen (secondary N) is 1. The number of hydrogen-bond acceptors (Lipinski definition) is 19. The van der Waals surface area contributed by atoms with Gasteiger partial charge in [0.1, 0.15) is 17.3 Å². The van der Waals surface area contributed by atoms with Crippen LogP contribution in [-0.2, 0) is 116 Å². The Morgan fingerprint density at radius 3 is 0.805 bits per heavy atom. The second-order valence-electron chi connectivity index (χ2n) is 28.7. The van der Waals surface area contributed by atoms with E-state index in [4.69, 9.17) is 22.1 Å². The number of hydrogen-bond donors (Lipinski definition) is 3. The Morgan fingerprint density at radius 1 is 0.346 bits per heavy atom. The van der Waals surface area contributed by atoms with Gasteiger partial charge in [-0.3, -0.25) is 54.5 Å². The molecule has 0 aliphatic carbocycles. The predicted molar refractivity (Wildman–Crippen MR) is 560 cm³/mol. The number of sulfonamides is 1. The average molecular weight is 1900 g/mol. The number of isocyanates is 1. The monoisotopic (exact) mass is 1900 g/mol. The first kappa shape index (κ1) is 138. The molecule has 10 rings (SSSR count). The molecule has 0 radical (unpaired) electrons. The first-order chi connectivity index (χ1) is 63.0. The lowest BCUT2D eigenvalue weighted by molar-refractivity contribution is -0.496. The van der Waals surface area contributed by atoms with Crippen LogP contribution in [0.4, 0.5) is 0 Å². The van der Waals surface area contributed by atoms with Crippen molar-refractivity contribution < 1.29 is 45.9 Å². The van der Waals surface area contributed by atoms with Gasteiger partial charge in [0, 0.05) is 139 Å². The molecular weight excluding hydrogens is 1730 g/mol. The molecule has 0 aliphatic rings. The summed E-state index contributed by atoms with van der Waals surface area (Å²) in [7, 11) is -2.02. The van der Waals surface area contributed by atoms with E-state index in [1.807, 2.05) is 131 Å². The minimum atomic E-state index is -3.53. The maximum Gasteiger partial charge on any atom is 0.261 e. The lowest BCUT2D eigenvalue weighted by Crippen LogP contribution is -2.23. The third kappa shape index (κ3) is 86.4. The lowest BCUT2D eigenvalue weighted by Gasteiger charge is -2.08. The van der Waals surface area contributed by atoms with E-state index in [0.29, 0.717) is 94.2 Å². The Kier molecular flexibility index (Phi) is 102. The van der Waals surface area contributed by atoms with E-state index < -0.39 is 24.0 Å². The molecule has 740 valence electrons. The molecule has 0 saturated carbocycles. The van der Waals surface area contributed by atoms with Crippen molar-refractivity contribution in [2.24, 2.45) is 16.5 Å². The molecule has 6 aromatic carbocycles. The van der Waals surface area contributed by atoms with Crippen LogP contribution in [-0.4, -0.2) is 70.0 Å². The van der Waals surface area contributed by atoms with E-state index in [-0.39, 0.29) is 67.3 Å². The first-order valence-corrected chi connectivity index (χ1v) is 49.9. The van der Waals surface area contributed by atoms with Gasteiger partial charge in [-0.05, 0) is 143 Å². The van der Waals surface area contributed by atoms with Crippen LogP contribution in [0.1, 0.15) is 310 Å². The maximum atomic E-state index is 12.3. The van der Waals surface area contributed by atoms with Crippen molar-refractivity contribution in [2.45, 2.75) is 331 Å². The van der Waals surface area contributed by atoms with Crippen LogP contribution in [0.2, 0.25) is 0 Å². The highest BCUT2D eigenvalue weighted by molar-refractivity contribution is 8.13. The highest BCUT2D eigenvalue weighted by Gasteiger charge is 2.14. The zero-order valence-electron chi connectivity index (χ0n) is 82.5. The van der Waals surface area contributed by atoms with Crippen molar-refractivity contribution in [3.8, 4) is 0 Å². The number of aryl methyl sites for hydroxylation is 6. The maximum absolute atomic E-state index is 12.3. The minimum absolute atomic E-state index is 0. The molecule has 0 bridgehead atoms. The molecule has 0 spiro atoms. The summed E-state index contributed by atoms with van der Waals surface area (Å²) in [6.45, 7) is 43.3. The second kappa shape index (κ2) is 98.7. The van der Waals surface area contributed by atoms with Crippen LogP contribution in [0.25, 0.3) is 0 Å². The van der Waals surface area contributed by atoms with Gasteiger partial charge in [0.25, 0.3) is 9.05 Å². The van der Waals surface area contributed by atoms with E-state index in [1.54, 1.807) is 128 Å². The molecule has 0 saturated heterocycles. The van der Waals surface area contributed by atoms with Crippen molar-refractivity contribution in [3.05, 3.63) is 343 Å². The van der Waals surface area contributed by atoms with E-state index in [2.05, 4.69) is 153 Å². The summed E-state index contributed by atoms with van der Waals surface area (Å²) in [5.74, 6) is 0.753. The highest BCUT2D eigenvalue weighted by atomic mass is 35.7. The largest absolute Gasteiger partial charge is 0.326 e. The fourth-order valence-corrected chi connectivity index (χ4v) is 11.2. The summed E-state index contributed by atoms with van der Waals surface area (Å²) < 4.78 is 48.3. The zero-order valence-corrected chi connectivity index (χ0v) is 84.9. The van der Waals surface area contributed by atoms with E-state index in [0.717, 1.165) is 62.9 Å². The number of benzene rings is 6.